The maximum atomic E-state index is 15.4. The van der Waals surface area contributed by atoms with Gasteiger partial charge in [0.05, 0.1) is 17.2 Å². The maximum absolute atomic E-state index is 15.4. The van der Waals surface area contributed by atoms with Crippen molar-refractivity contribution >= 4 is 23.4 Å². The van der Waals surface area contributed by atoms with Crippen LogP contribution in [0.3, 0.4) is 0 Å². The third-order valence-corrected chi connectivity index (χ3v) is 7.09. The highest BCUT2D eigenvalue weighted by Gasteiger charge is 2.53. The van der Waals surface area contributed by atoms with Crippen LogP contribution in [0.5, 0.6) is 0 Å². The van der Waals surface area contributed by atoms with Gasteiger partial charge in [0.1, 0.15) is 5.82 Å². The number of Topliss-reactive ketones (excluding diaryl/α,β-unsaturated/α-hetero) is 1. The van der Waals surface area contributed by atoms with Crippen LogP contribution in [0.4, 0.5) is 19.3 Å². The second-order valence-corrected chi connectivity index (χ2v) is 9.43. The molecule has 2 unspecified atom stereocenters. The van der Waals surface area contributed by atoms with Gasteiger partial charge in [-0.05, 0) is 49.6 Å². The first-order valence-electron chi connectivity index (χ1n) is 11.9. The van der Waals surface area contributed by atoms with Gasteiger partial charge in [0.15, 0.2) is 6.17 Å². The van der Waals surface area contributed by atoms with Crippen LogP contribution in [0.2, 0.25) is 0 Å². The molecule has 0 aromatic heterocycles. The Hall–Kier alpha value is -3.53. The summed E-state index contributed by atoms with van der Waals surface area (Å²) >= 11 is 0. The number of amides is 3. The van der Waals surface area contributed by atoms with E-state index in [9.17, 15) is 23.9 Å². The highest BCUT2D eigenvalue weighted by atomic mass is 19.1. The number of halogens is 2. The van der Waals surface area contributed by atoms with Crippen LogP contribution in [0.1, 0.15) is 46.0 Å². The smallest absolute Gasteiger partial charge is 0.317 e. The molecule has 10 heteroatoms. The van der Waals surface area contributed by atoms with Gasteiger partial charge in [-0.15, -0.1) is 0 Å². The molecule has 8 nitrogen and oxygen atoms in total. The highest BCUT2D eigenvalue weighted by molar-refractivity contribution is 6.07. The van der Waals surface area contributed by atoms with Gasteiger partial charge in [-0.25, -0.2) is 13.6 Å². The number of piperidine rings is 1. The first kappa shape index (κ1) is 25.6. The minimum atomic E-state index is -1.68. The summed E-state index contributed by atoms with van der Waals surface area (Å²) in [7, 11) is 1.79. The number of aliphatic hydroxyl groups excluding tert-OH is 1. The van der Waals surface area contributed by atoms with Crippen LogP contribution in [0.15, 0.2) is 42.5 Å². The number of anilines is 1. The van der Waals surface area contributed by atoms with E-state index >= 15 is 4.39 Å². The van der Waals surface area contributed by atoms with Crippen molar-refractivity contribution in [2.45, 2.75) is 44.1 Å². The molecule has 2 aromatic carbocycles. The SMILES string of the molecule is CC(O)CNC(=O)c1cc(CNC(=O)N2CCC3(CC2)C(F)C(=O)c2ccccc2N3C)ccc1F. The Kier molecular flexibility index (Phi) is 7.26. The molecule has 4 rings (SSSR count). The third kappa shape index (κ3) is 4.77. The molecule has 2 aromatic rings. The summed E-state index contributed by atoms with van der Waals surface area (Å²) < 4.78 is 29.5. The number of benzene rings is 2. The molecule has 3 amide bonds. The zero-order valence-electron chi connectivity index (χ0n) is 20.3. The monoisotopic (exact) mass is 500 g/mol. The van der Waals surface area contributed by atoms with Crippen molar-refractivity contribution in [1.29, 1.82) is 0 Å². The number of rotatable bonds is 5. The molecule has 2 aliphatic rings. The number of hydrogen-bond acceptors (Lipinski definition) is 5. The Bertz CT molecular complexity index is 1160. The second-order valence-electron chi connectivity index (χ2n) is 9.43. The number of fused-ring (bicyclic) bond motifs is 1. The standard InChI is InChI=1S/C26H30F2N4O4/c1-16(33)14-29-24(35)19-13-17(7-8-20(19)27)15-30-25(36)32-11-9-26(10-12-32)23(28)22(34)18-5-3-4-6-21(18)31(26)2/h3-8,13,16,23,33H,9-12,14-15H2,1-2H3,(H,29,35)(H,30,36). The van der Waals surface area contributed by atoms with Crippen molar-refractivity contribution in [3.8, 4) is 0 Å². The topological polar surface area (TPSA) is 102 Å². The van der Waals surface area contributed by atoms with E-state index < -0.39 is 35.3 Å². The fourth-order valence-electron chi connectivity index (χ4n) is 4.93. The summed E-state index contributed by atoms with van der Waals surface area (Å²) in [5.74, 6) is -1.88. The normalized spacial score (nSPS) is 19.6. The number of carbonyl (C=O) groups is 3. The van der Waals surface area contributed by atoms with Crippen molar-refractivity contribution in [3.05, 3.63) is 65.0 Å². The van der Waals surface area contributed by atoms with Crippen LogP contribution in [0, 0.1) is 5.82 Å². The first-order chi connectivity index (χ1) is 17.1. The van der Waals surface area contributed by atoms with Crippen molar-refractivity contribution in [2.24, 2.45) is 0 Å². The molecule has 2 heterocycles. The lowest BCUT2D eigenvalue weighted by Crippen LogP contribution is -2.65. The number of nitrogens with zero attached hydrogens (tertiary/aromatic N) is 2. The highest BCUT2D eigenvalue weighted by Crippen LogP contribution is 2.43. The van der Waals surface area contributed by atoms with Crippen LogP contribution < -0.4 is 15.5 Å². The fraction of sp³-hybridized carbons (Fsp3) is 0.423. The number of ketones is 1. The number of likely N-dealkylation sites (tertiary alicyclic amines) is 1. The van der Waals surface area contributed by atoms with Gasteiger partial charge in [0.25, 0.3) is 5.91 Å². The lowest BCUT2D eigenvalue weighted by molar-refractivity contribution is 0.0615. The summed E-state index contributed by atoms with van der Waals surface area (Å²) in [6.45, 7) is 2.09. The van der Waals surface area contributed by atoms with Gasteiger partial charge >= 0.3 is 6.03 Å². The molecule has 3 N–H and O–H groups in total. The van der Waals surface area contributed by atoms with Gasteiger partial charge < -0.3 is 25.5 Å². The van der Waals surface area contributed by atoms with Crippen LogP contribution in [-0.2, 0) is 6.54 Å². The number of aliphatic hydroxyl groups is 1. The van der Waals surface area contributed by atoms with E-state index in [2.05, 4.69) is 10.6 Å². The number of alkyl halides is 1. The number of carbonyl (C=O) groups excluding carboxylic acids is 3. The number of para-hydroxylation sites is 1. The minimum absolute atomic E-state index is 0.0121. The molecule has 0 aliphatic carbocycles. The molecule has 0 bridgehead atoms. The Morgan fingerprint density at radius 1 is 1.17 bits per heavy atom. The van der Waals surface area contributed by atoms with Gasteiger partial charge in [-0.2, -0.15) is 0 Å². The predicted molar refractivity (Wildman–Crippen MR) is 130 cm³/mol. The van der Waals surface area contributed by atoms with Gasteiger partial charge in [-0.3, -0.25) is 9.59 Å². The molecule has 1 spiro atoms. The second kappa shape index (κ2) is 10.2. The van der Waals surface area contributed by atoms with E-state index in [1.54, 1.807) is 24.1 Å². The predicted octanol–water partition coefficient (Wildman–Crippen LogP) is 2.65. The van der Waals surface area contributed by atoms with Crippen LogP contribution >= 0.6 is 0 Å². The molecular weight excluding hydrogens is 470 g/mol. The Morgan fingerprint density at radius 3 is 2.56 bits per heavy atom. The van der Waals surface area contributed by atoms with Crippen LogP contribution in [0.25, 0.3) is 0 Å². The molecule has 0 radical (unpaired) electrons. The number of nitrogens with one attached hydrogen (secondary N) is 2. The molecule has 192 valence electrons. The van der Waals surface area contributed by atoms with Crippen molar-refractivity contribution in [2.75, 3.05) is 31.6 Å². The minimum Gasteiger partial charge on any atom is -0.392 e. The van der Waals surface area contributed by atoms with E-state index in [1.807, 2.05) is 17.0 Å². The third-order valence-electron chi connectivity index (χ3n) is 7.09. The Morgan fingerprint density at radius 2 is 1.86 bits per heavy atom. The Labute approximate surface area is 208 Å². The van der Waals surface area contributed by atoms with Gasteiger partial charge in [-0.1, -0.05) is 18.2 Å². The zero-order valence-corrected chi connectivity index (χ0v) is 20.3. The molecular formula is C26H30F2N4O4. The average Bonchev–Trinajstić information content (AvgIpc) is 2.89. The van der Waals surface area contributed by atoms with Crippen LogP contribution in [-0.4, -0.2) is 72.2 Å². The van der Waals surface area contributed by atoms with Crippen molar-refractivity contribution in [3.63, 3.8) is 0 Å². The van der Waals surface area contributed by atoms with E-state index in [4.69, 9.17) is 0 Å². The molecule has 2 aliphatic heterocycles. The van der Waals surface area contributed by atoms with Crippen molar-refractivity contribution < 1.29 is 28.3 Å². The Balaban J connectivity index is 1.37. The molecule has 0 saturated carbocycles. The first-order valence-corrected chi connectivity index (χ1v) is 11.9. The van der Waals surface area contributed by atoms with E-state index in [-0.39, 0.29) is 37.8 Å². The molecule has 1 saturated heterocycles. The summed E-state index contributed by atoms with van der Waals surface area (Å²) in [6.07, 6.45) is -1.86. The molecule has 1 fully saturated rings. The van der Waals surface area contributed by atoms with E-state index in [0.717, 1.165) is 6.07 Å². The molecule has 36 heavy (non-hydrogen) atoms. The number of hydrogen-bond donors (Lipinski definition) is 3. The largest absolute Gasteiger partial charge is 0.392 e. The number of urea groups is 1. The lowest BCUT2D eigenvalue weighted by Gasteiger charge is -2.52. The quantitative estimate of drug-likeness (QED) is 0.586. The summed E-state index contributed by atoms with van der Waals surface area (Å²) in [5, 5.41) is 14.5. The fourth-order valence-corrected chi connectivity index (χ4v) is 4.93. The van der Waals surface area contributed by atoms with Gasteiger partial charge in [0.2, 0.25) is 5.78 Å². The van der Waals surface area contributed by atoms with Crippen molar-refractivity contribution in [1.82, 2.24) is 15.5 Å². The summed E-state index contributed by atoms with van der Waals surface area (Å²) in [6, 6.07) is 10.6. The van der Waals surface area contributed by atoms with Gasteiger partial charge in [0, 0.05) is 44.5 Å². The van der Waals surface area contributed by atoms with E-state index in [1.165, 1.54) is 19.1 Å². The molecule has 2 atom stereocenters. The average molecular weight is 501 g/mol. The van der Waals surface area contributed by atoms with E-state index in [0.29, 0.717) is 29.7 Å². The zero-order chi connectivity index (χ0) is 26.0. The summed E-state index contributed by atoms with van der Waals surface area (Å²) in [4.78, 5) is 41.1. The lowest BCUT2D eigenvalue weighted by atomic mass is 9.75. The maximum Gasteiger partial charge on any atom is 0.317 e. The summed E-state index contributed by atoms with van der Waals surface area (Å²) in [5.41, 5.74) is 0.406.